The molecule has 0 aliphatic heterocycles. The van der Waals surface area contributed by atoms with E-state index in [0.29, 0.717) is 11.3 Å². The van der Waals surface area contributed by atoms with Gasteiger partial charge in [0.25, 0.3) is 0 Å². The largest absolute Gasteiger partial charge is 0.433 e. The Morgan fingerprint density at radius 3 is 2.69 bits per heavy atom. The zero-order valence-electron chi connectivity index (χ0n) is 15.9. The molecule has 0 unspecified atom stereocenters. The number of halogens is 3. The van der Waals surface area contributed by atoms with Crippen LogP contribution < -0.4 is 0 Å². The summed E-state index contributed by atoms with van der Waals surface area (Å²) >= 11 is 1.50. The lowest BCUT2D eigenvalue weighted by atomic mass is 10.1. The van der Waals surface area contributed by atoms with Crippen LogP contribution in [0.1, 0.15) is 45.2 Å². The summed E-state index contributed by atoms with van der Waals surface area (Å²) in [5, 5.41) is 8.64. The van der Waals surface area contributed by atoms with Gasteiger partial charge in [0.15, 0.2) is 10.9 Å². The molecule has 3 rings (SSSR count). The number of thioether (sulfide) groups is 1. The van der Waals surface area contributed by atoms with Crippen LogP contribution in [0.5, 0.6) is 0 Å². The number of carbonyl (C=O) groups is 1. The van der Waals surface area contributed by atoms with Crippen molar-refractivity contribution < 1.29 is 18.0 Å². The van der Waals surface area contributed by atoms with Gasteiger partial charge in [-0.15, -0.1) is 10.2 Å². The number of aryl methyl sites for hydroxylation is 2. The zero-order chi connectivity index (χ0) is 21.2. The molecule has 10 heteroatoms. The molecular formula is C19H18F3N5OS. The predicted octanol–water partition coefficient (Wildman–Crippen LogP) is 4.21. The Bertz CT molecular complexity index is 1030. The third-order valence-electron chi connectivity index (χ3n) is 4.15. The molecule has 1 atom stereocenters. The van der Waals surface area contributed by atoms with E-state index >= 15 is 0 Å². The van der Waals surface area contributed by atoms with Gasteiger partial charge in [-0.2, -0.15) is 13.2 Å². The summed E-state index contributed by atoms with van der Waals surface area (Å²) in [5.74, 6) is -0.516. The molecular weight excluding hydrogens is 403 g/mol. The first kappa shape index (κ1) is 21.0. The van der Waals surface area contributed by atoms with Crippen molar-refractivity contribution in [2.24, 2.45) is 7.05 Å². The van der Waals surface area contributed by atoms with E-state index in [-0.39, 0.29) is 17.4 Å². The second kappa shape index (κ2) is 8.32. The molecule has 3 heterocycles. The molecule has 0 amide bonds. The number of pyridine rings is 2. The van der Waals surface area contributed by atoms with Crippen LogP contribution in [0.25, 0.3) is 0 Å². The van der Waals surface area contributed by atoms with E-state index in [0.717, 1.165) is 16.8 Å². The number of Topliss-reactive ketones (excluding diaryl/α,β-unsaturated/α-hetero) is 1. The smallest absolute Gasteiger partial charge is 0.312 e. The lowest BCUT2D eigenvalue weighted by Crippen LogP contribution is -2.14. The van der Waals surface area contributed by atoms with Crippen LogP contribution in [-0.2, 0) is 19.6 Å². The van der Waals surface area contributed by atoms with E-state index < -0.39 is 17.7 Å². The highest BCUT2D eigenvalue weighted by atomic mass is 32.2. The highest BCUT2D eigenvalue weighted by Gasteiger charge is 2.33. The number of hydrogen-bond acceptors (Lipinski definition) is 6. The molecule has 0 radical (unpaired) electrons. The van der Waals surface area contributed by atoms with Crippen LogP contribution in [0.2, 0.25) is 0 Å². The Morgan fingerprint density at radius 1 is 1.28 bits per heavy atom. The van der Waals surface area contributed by atoms with Gasteiger partial charge in [-0.3, -0.25) is 9.78 Å². The summed E-state index contributed by atoms with van der Waals surface area (Å²) in [7, 11) is 1.84. The van der Waals surface area contributed by atoms with Gasteiger partial charge in [0.1, 0.15) is 17.7 Å². The van der Waals surface area contributed by atoms with Crippen LogP contribution in [0, 0.1) is 6.92 Å². The molecule has 0 bridgehead atoms. The van der Waals surface area contributed by atoms with Crippen molar-refractivity contribution in [1.82, 2.24) is 24.7 Å². The van der Waals surface area contributed by atoms with Crippen LogP contribution >= 0.6 is 11.8 Å². The van der Waals surface area contributed by atoms with E-state index in [2.05, 4.69) is 20.2 Å². The second-order valence-corrected chi connectivity index (χ2v) is 7.89. The van der Waals surface area contributed by atoms with Crippen molar-refractivity contribution in [2.45, 2.75) is 36.9 Å². The van der Waals surface area contributed by atoms with Crippen molar-refractivity contribution in [3.8, 4) is 0 Å². The van der Waals surface area contributed by atoms with Crippen molar-refractivity contribution in [3.05, 3.63) is 65.0 Å². The van der Waals surface area contributed by atoms with Gasteiger partial charge >= 0.3 is 6.18 Å². The molecule has 0 aliphatic rings. The number of nitrogens with zero attached hydrogens (tertiary/aromatic N) is 5. The first-order valence-electron chi connectivity index (χ1n) is 8.68. The van der Waals surface area contributed by atoms with Gasteiger partial charge in [0.05, 0.1) is 6.42 Å². The molecule has 0 aromatic carbocycles. The Labute approximate surface area is 169 Å². The lowest BCUT2D eigenvalue weighted by Gasteiger charge is -2.12. The second-order valence-electron chi connectivity index (χ2n) is 6.58. The van der Waals surface area contributed by atoms with Gasteiger partial charge in [-0.1, -0.05) is 11.8 Å². The molecule has 3 aromatic rings. The fourth-order valence-corrected chi connectivity index (χ4v) is 3.57. The number of hydrogen-bond donors (Lipinski definition) is 0. The third kappa shape index (κ3) is 5.20. The van der Waals surface area contributed by atoms with Crippen molar-refractivity contribution in [2.75, 3.05) is 0 Å². The standard InChI is InChI=1S/C19H18F3N5OS/c1-11-6-15(25-17(7-11)19(20,21)22)16(28)9-14-8-13(4-5-23-14)12(2)29-18-26-24-10-27(18)3/h4-8,10,12H,9H2,1-3H3/t12-/m0/s1. The maximum absolute atomic E-state index is 13.0. The van der Waals surface area contributed by atoms with Crippen LogP contribution in [0.4, 0.5) is 13.2 Å². The normalized spacial score (nSPS) is 12.8. The van der Waals surface area contributed by atoms with E-state index in [1.165, 1.54) is 24.8 Å². The molecule has 6 nitrogen and oxygen atoms in total. The maximum atomic E-state index is 13.0. The zero-order valence-corrected chi connectivity index (χ0v) is 16.8. The molecule has 0 N–H and O–H groups in total. The van der Waals surface area contributed by atoms with Gasteiger partial charge in [0.2, 0.25) is 0 Å². The van der Waals surface area contributed by atoms with E-state index in [4.69, 9.17) is 0 Å². The van der Waals surface area contributed by atoms with Crippen LogP contribution in [0.3, 0.4) is 0 Å². The highest BCUT2D eigenvalue weighted by molar-refractivity contribution is 7.99. The molecule has 152 valence electrons. The lowest BCUT2D eigenvalue weighted by molar-refractivity contribution is -0.141. The van der Waals surface area contributed by atoms with Crippen molar-refractivity contribution >= 4 is 17.5 Å². The number of ketones is 1. The van der Waals surface area contributed by atoms with Crippen molar-refractivity contribution in [3.63, 3.8) is 0 Å². The summed E-state index contributed by atoms with van der Waals surface area (Å²) in [4.78, 5) is 20.2. The summed E-state index contributed by atoms with van der Waals surface area (Å²) in [6.45, 7) is 3.48. The molecule has 0 aliphatic carbocycles. The maximum Gasteiger partial charge on any atom is 0.433 e. The molecule has 29 heavy (non-hydrogen) atoms. The topological polar surface area (TPSA) is 73.6 Å². The number of carbonyl (C=O) groups excluding carboxylic acids is 1. The van der Waals surface area contributed by atoms with E-state index in [1.807, 2.05) is 20.0 Å². The molecule has 0 saturated heterocycles. The van der Waals surface area contributed by atoms with Gasteiger partial charge < -0.3 is 4.57 Å². The summed E-state index contributed by atoms with van der Waals surface area (Å²) in [5.41, 5.74) is 0.423. The Balaban J connectivity index is 1.77. The Morgan fingerprint density at radius 2 is 2.03 bits per heavy atom. The van der Waals surface area contributed by atoms with E-state index in [1.54, 1.807) is 23.2 Å². The summed E-state index contributed by atoms with van der Waals surface area (Å²) in [6, 6.07) is 5.87. The minimum atomic E-state index is -4.61. The van der Waals surface area contributed by atoms with Crippen LogP contribution in [-0.4, -0.2) is 30.5 Å². The van der Waals surface area contributed by atoms with Gasteiger partial charge in [0, 0.05) is 24.2 Å². The fourth-order valence-electron chi connectivity index (χ4n) is 2.66. The van der Waals surface area contributed by atoms with Gasteiger partial charge in [-0.05, 0) is 49.2 Å². The first-order valence-corrected chi connectivity index (χ1v) is 9.56. The molecule has 0 saturated carbocycles. The fraction of sp³-hybridized carbons (Fsp3) is 0.316. The number of alkyl halides is 3. The summed E-state index contributed by atoms with van der Waals surface area (Å²) in [6.07, 6.45) is -1.55. The Kier molecular flexibility index (Phi) is 6.02. The Hall–Kier alpha value is -2.75. The number of aromatic nitrogens is 5. The molecule has 0 fully saturated rings. The third-order valence-corrected chi connectivity index (χ3v) is 5.36. The SMILES string of the molecule is Cc1cc(C(=O)Cc2cc([C@H](C)Sc3nncn3C)ccn2)nc(C(F)(F)F)c1. The molecule has 3 aromatic heterocycles. The highest BCUT2D eigenvalue weighted by Crippen LogP contribution is 2.33. The minimum absolute atomic E-state index is 0.0173. The van der Waals surface area contributed by atoms with Crippen LogP contribution in [0.15, 0.2) is 41.9 Å². The minimum Gasteiger partial charge on any atom is -0.312 e. The average Bonchev–Trinajstić information content (AvgIpc) is 3.05. The van der Waals surface area contributed by atoms with Gasteiger partial charge in [-0.25, -0.2) is 4.98 Å². The predicted molar refractivity (Wildman–Crippen MR) is 102 cm³/mol. The summed E-state index contributed by atoms with van der Waals surface area (Å²) < 4.78 is 40.7. The first-order chi connectivity index (χ1) is 13.6. The van der Waals surface area contributed by atoms with E-state index in [9.17, 15) is 18.0 Å². The quantitative estimate of drug-likeness (QED) is 0.439. The monoisotopic (exact) mass is 421 g/mol. The van der Waals surface area contributed by atoms with Crippen molar-refractivity contribution in [1.29, 1.82) is 0 Å². The average molecular weight is 421 g/mol. The molecule has 0 spiro atoms. The number of rotatable bonds is 6.